The summed E-state index contributed by atoms with van der Waals surface area (Å²) in [7, 11) is 0.214. The maximum Gasteiger partial charge on any atom is 0.270 e. The molecule has 0 spiro atoms. The van der Waals surface area contributed by atoms with Crippen LogP contribution in [0.15, 0.2) is 61.4 Å². The van der Waals surface area contributed by atoms with Crippen molar-refractivity contribution in [1.82, 2.24) is 39.7 Å². The summed E-state index contributed by atoms with van der Waals surface area (Å²) in [5.41, 5.74) is 6.38. The topological polar surface area (TPSA) is 124 Å². The van der Waals surface area contributed by atoms with Crippen LogP contribution in [-0.2, 0) is 15.0 Å². The molecule has 51 heavy (non-hydrogen) atoms. The van der Waals surface area contributed by atoms with Crippen molar-refractivity contribution in [2.45, 2.75) is 75.3 Å². The molecule has 262 valence electrons. The zero-order valence-electron chi connectivity index (χ0n) is 29.8. The van der Waals surface area contributed by atoms with Crippen molar-refractivity contribution >= 4 is 62.5 Å². The lowest BCUT2D eigenvalue weighted by Gasteiger charge is -2.46. The number of hydrogen-bond donors (Lipinski definition) is 2. The number of nitrogens with zero attached hydrogens (tertiary/aromatic N) is 6. The summed E-state index contributed by atoms with van der Waals surface area (Å²) in [6.07, 6.45) is 17.3. The van der Waals surface area contributed by atoms with E-state index in [0.717, 1.165) is 85.4 Å². The van der Waals surface area contributed by atoms with Crippen LogP contribution in [0.3, 0.4) is 0 Å². The first-order chi connectivity index (χ1) is 24.5. The van der Waals surface area contributed by atoms with Gasteiger partial charge >= 0.3 is 0 Å². The highest BCUT2D eigenvalue weighted by Crippen LogP contribution is 2.40. The van der Waals surface area contributed by atoms with Gasteiger partial charge in [-0.05, 0) is 62.8 Å². The molecule has 6 heterocycles. The Hall–Kier alpha value is -4.52. The van der Waals surface area contributed by atoms with Crippen LogP contribution in [0.2, 0.25) is 0 Å². The molecule has 7 rings (SSSR count). The van der Waals surface area contributed by atoms with Gasteiger partial charge in [-0.2, -0.15) is 0 Å². The van der Waals surface area contributed by atoms with E-state index in [4.69, 9.17) is 15.0 Å². The summed E-state index contributed by atoms with van der Waals surface area (Å²) in [5, 5.41) is 0. The number of rotatable bonds is 9. The number of H-pyrrole nitrogens is 2. The lowest BCUT2D eigenvalue weighted by atomic mass is 9.73. The molecule has 1 aromatic carbocycles. The predicted octanol–water partition coefficient (Wildman–Crippen LogP) is 7.36. The number of carbonyl (C=O) groups excluding carboxylic acids is 2. The Balaban J connectivity index is 1.11. The number of pyridine rings is 2. The molecule has 6 atom stereocenters. The van der Waals surface area contributed by atoms with E-state index >= 15 is 0 Å². The normalized spacial score (nSPS) is 22.4. The minimum absolute atomic E-state index is 0.0660. The lowest BCUT2D eigenvalue weighted by molar-refractivity contribution is -0.135. The van der Waals surface area contributed by atoms with Crippen molar-refractivity contribution in [1.29, 1.82) is 0 Å². The van der Waals surface area contributed by atoms with E-state index in [-0.39, 0.29) is 35.2 Å². The molecule has 0 saturated carbocycles. The van der Waals surface area contributed by atoms with E-state index < -0.39 is 13.0 Å². The number of carbonyl (C=O) groups is 2. The highest BCUT2D eigenvalue weighted by molar-refractivity contribution is 7.56. The van der Waals surface area contributed by atoms with E-state index in [2.05, 4.69) is 84.1 Å². The van der Waals surface area contributed by atoms with Gasteiger partial charge in [-0.15, -0.1) is 6.58 Å². The van der Waals surface area contributed by atoms with Gasteiger partial charge in [0.1, 0.15) is 11.6 Å². The molecule has 2 saturated heterocycles. The number of amides is 2. The minimum Gasteiger partial charge on any atom is -0.340 e. The van der Waals surface area contributed by atoms with E-state index in [1.807, 2.05) is 42.1 Å². The van der Waals surface area contributed by atoms with Crippen molar-refractivity contribution in [3.05, 3.63) is 73.1 Å². The summed E-state index contributed by atoms with van der Waals surface area (Å²) in [6, 6.07) is 12.3. The Kier molecular flexibility index (Phi) is 9.51. The average Bonchev–Trinajstić information content (AvgIpc) is 3.91. The molecular formula is C39H45N8O2P2+. The minimum atomic E-state index is -0.599. The fraction of sp³-hybridized carbons (Fsp3) is 0.385. The smallest absolute Gasteiger partial charge is 0.270 e. The van der Waals surface area contributed by atoms with Crippen molar-refractivity contribution in [3.8, 4) is 22.3 Å². The third-order valence-corrected chi connectivity index (χ3v) is 13.2. The van der Waals surface area contributed by atoms with Crippen molar-refractivity contribution in [3.63, 3.8) is 0 Å². The Labute approximate surface area is 301 Å². The predicted molar refractivity (Wildman–Crippen MR) is 211 cm³/mol. The second-order valence-corrected chi connectivity index (χ2v) is 17.6. The molecule has 0 aliphatic carbocycles. The number of aromatic amines is 2. The van der Waals surface area contributed by atoms with Crippen LogP contribution in [0.1, 0.15) is 64.1 Å². The second kappa shape index (κ2) is 13.9. The first kappa shape index (κ1) is 34.9. The van der Waals surface area contributed by atoms with E-state index in [1.54, 1.807) is 0 Å². The molecule has 2 amide bonds. The van der Waals surface area contributed by atoms with Gasteiger partial charge in [0.15, 0.2) is 17.0 Å². The number of piperidine rings is 1. The molecule has 4 aromatic heterocycles. The van der Waals surface area contributed by atoms with Crippen LogP contribution in [0.25, 0.3) is 44.6 Å². The molecule has 2 N–H and O–H groups in total. The van der Waals surface area contributed by atoms with Crippen LogP contribution in [-0.4, -0.2) is 101 Å². The first-order valence-electron chi connectivity index (χ1n) is 17.6. The first-order valence-corrected chi connectivity index (χ1v) is 20.8. The van der Waals surface area contributed by atoms with Gasteiger partial charge in [-0.25, -0.2) is 19.9 Å². The van der Waals surface area contributed by atoms with E-state index in [9.17, 15) is 9.59 Å². The Morgan fingerprint density at radius 2 is 1.55 bits per heavy atom. The number of fused-ring (bicyclic) bond motifs is 2. The van der Waals surface area contributed by atoms with Gasteiger partial charge in [-0.1, -0.05) is 51.8 Å². The monoisotopic (exact) mass is 719 g/mol. The van der Waals surface area contributed by atoms with Gasteiger partial charge < -0.3 is 19.8 Å². The van der Waals surface area contributed by atoms with Gasteiger partial charge in [0.2, 0.25) is 5.91 Å². The number of nitrogens with one attached hydrogen (secondary N) is 2. The average molecular weight is 720 g/mol. The number of benzene rings is 1. The molecule has 2 fully saturated rings. The van der Waals surface area contributed by atoms with Gasteiger partial charge in [0.25, 0.3) is 5.91 Å². The van der Waals surface area contributed by atoms with Crippen molar-refractivity contribution < 1.29 is 9.59 Å². The van der Waals surface area contributed by atoms with Gasteiger partial charge in [-0.3, -0.25) is 9.59 Å². The van der Waals surface area contributed by atoms with Crippen LogP contribution in [0, 0.1) is 0 Å². The maximum atomic E-state index is 13.2. The Bertz CT molecular complexity index is 2170. The molecule has 2 aliphatic heterocycles. The zero-order valence-corrected chi connectivity index (χ0v) is 31.6. The molecule has 2 aliphatic rings. The number of aromatic nitrogens is 6. The third-order valence-electron chi connectivity index (χ3n) is 10.9. The molecule has 0 bridgehead atoms. The van der Waals surface area contributed by atoms with Crippen LogP contribution in [0.4, 0.5) is 0 Å². The Morgan fingerprint density at radius 3 is 2.16 bits per heavy atom. The summed E-state index contributed by atoms with van der Waals surface area (Å²) < 4.78 is 0. The standard InChI is InChI=1S/C39H45N8O2P2/c1-8-32-39(4,16-10-18-47(32)36(48)23(2)50-5)38-43-30-20-28(22-41-34(30)45-38)26-14-12-25(13-15-26)27-19-29-33(40-21-27)44-35(42-29)31-11-9-17-46(31)37(49)24(3)51(6)7/h8,12-15,19-24,31-32H,1,5-6,9-11,16-18H2,2-4,7H3,(H,40,42,44)(H,41,43,45)/q+1. The SMILES string of the molecule is C=CC1N(C(=O)C(C)P=C)CCCC1(C)c1nc2ncc(-c3ccc(-c4cnc5nc(C6CCCN6C(=O)C(C)[P+](=C)C)[nH]c5c4)cc3)cc2[nH]1. The fourth-order valence-electron chi connectivity index (χ4n) is 7.62. The molecule has 12 heteroatoms. The molecular weight excluding hydrogens is 674 g/mol. The third kappa shape index (κ3) is 6.34. The highest BCUT2D eigenvalue weighted by Gasteiger charge is 2.45. The van der Waals surface area contributed by atoms with E-state index in [0.29, 0.717) is 17.8 Å². The second-order valence-electron chi connectivity index (χ2n) is 14.2. The summed E-state index contributed by atoms with van der Waals surface area (Å²) in [5.74, 6) is 1.88. The maximum absolute atomic E-state index is 13.2. The zero-order chi connectivity index (χ0) is 36.0. The van der Waals surface area contributed by atoms with Crippen molar-refractivity contribution in [2.75, 3.05) is 19.8 Å². The molecule has 5 aromatic rings. The summed E-state index contributed by atoms with van der Waals surface area (Å²) in [4.78, 5) is 56.6. The fourth-order valence-corrected chi connectivity index (χ4v) is 8.45. The van der Waals surface area contributed by atoms with E-state index in [1.165, 1.54) is 0 Å². The Morgan fingerprint density at radius 1 is 0.941 bits per heavy atom. The summed E-state index contributed by atoms with van der Waals surface area (Å²) >= 11 is 0. The van der Waals surface area contributed by atoms with Crippen LogP contribution in [0.5, 0.6) is 0 Å². The lowest BCUT2D eigenvalue weighted by Crippen LogP contribution is -2.56. The van der Waals surface area contributed by atoms with Crippen LogP contribution >= 0.6 is 15.7 Å². The summed E-state index contributed by atoms with van der Waals surface area (Å²) in [6.45, 7) is 13.7. The van der Waals surface area contributed by atoms with Gasteiger partial charge in [0.05, 0.1) is 49.3 Å². The number of imidazole rings is 2. The van der Waals surface area contributed by atoms with Gasteiger partial charge in [0, 0.05) is 42.0 Å². The number of hydrogen-bond acceptors (Lipinski definition) is 6. The van der Waals surface area contributed by atoms with Crippen LogP contribution < -0.4 is 0 Å². The largest absolute Gasteiger partial charge is 0.340 e. The molecule has 6 unspecified atom stereocenters. The molecule has 0 radical (unpaired) electrons. The highest BCUT2D eigenvalue weighted by atomic mass is 31.1. The number of likely N-dealkylation sites (tertiary alicyclic amines) is 2. The van der Waals surface area contributed by atoms with Crippen molar-refractivity contribution in [2.24, 2.45) is 0 Å². The molecule has 10 nitrogen and oxygen atoms in total. The quantitative estimate of drug-likeness (QED) is 0.121.